The standard InChI is InChI=1S/C19H24N4O/c1-19(2)12-23(17(19)18-21-8-9-22(18)3)16(24)11-13-4-5-14-6-7-20-15(14)10-13/h4-5,8-10,17,20H,6-7,11-12H2,1-3H3. The number of aryl methyl sites for hydroxylation is 1. The van der Waals surface area contributed by atoms with Crippen LogP contribution in [-0.2, 0) is 24.7 Å². The van der Waals surface area contributed by atoms with Gasteiger partial charge in [-0.05, 0) is 23.6 Å². The first-order chi connectivity index (χ1) is 11.5. The molecule has 0 bridgehead atoms. The third-order valence-electron chi connectivity index (χ3n) is 5.29. The van der Waals surface area contributed by atoms with E-state index in [-0.39, 0.29) is 17.4 Å². The Morgan fingerprint density at radius 3 is 2.96 bits per heavy atom. The second-order valence-corrected chi connectivity index (χ2v) is 7.65. The summed E-state index contributed by atoms with van der Waals surface area (Å²) in [7, 11) is 1.99. The van der Waals surface area contributed by atoms with Gasteiger partial charge in [0, 0.05) is 43.6 Å². The smallest absolute Gasteiger partial charge is 0.227 e. The third-order valence-corrected chi connectivity index (χ3v) is 5.29. The zero-order chi connectivity index (χ0) is 16.9. The summed E-state index contributed by atoms with van der Waals surface area (Å²) in [5, 5.41) is 3.38. The summed E-state index contributed by atoms with van der Waals surface area (Å²) in [6.45, 7) is 6.19. The van der Waals surface area contributed by atoms with Crippen LogP contribution in [0.2, 0.25) is 0 Å². The highest BCUT2D eigenvalue weighted by Gasteiger charge is 2.50. The minimum absolute atomic E-state index is 0.0533. The highest BCUT2D eigenvalue weighted by molar-refractivity contribution is 5.81. The summed E-state index contributed by atoms with van der Waals surface area (Å²) < 4.78 is 2.02. The first-order valence-electron chi connectivity index (χ1n) is 8.58. The maximum Gasteiger partial charge on any atom is 0.227 e. The van der Waals surface area contributed by atoms with Crippen LogP contribution in [0.3, 0.4) is 0 Å². The van der Waals surface area contributed by atoms with Crippen molar-refractivity contribution >= 4 is 11.6 Å². The van der Waals surface area contributed by atoms with E-state index in [1.807, 2.05) is 22.7 Å². The van der Waals surface area contributed by atoms with Crippen LogP contribution >= 0.6 is 0 Å². The first-order valence-corrected chi connectivity index (χ1v) is 8.58. The highest BCUT2D eigenvalue weighted by atomic mass is 16.2. The summed E-state index contributed by atoms with van der Waals surface area (Å²) in [5.74, 6) is 1.15. The molecule has 0 saturated carbocycles. The number of aromatic nitrogens is 2. The molecule has 1 atom stereocenters. The first kappa shape index (κ1) is 15.2. The summed E-state index contributed by atoms with van der Waals surface area (Å²) in [4.78, 5) is 19.3. The van der Waals surface area contributed by atoms with E-state index in [0.29, 0.717) is 6.42 Å². The van der Waals surface area contributed by atoms with Gasteiger partial charge in [-0.2, -0.15) is 0 Å². The number of anilines is 1. The molecule has 1 N–H and O–H groups in total. The zero-order valence-corrected chi connectivity index (χ0v) is 14.5. The van der Waals surface area contributed by atoms with Gasteiger partial charge in [0.15, 0.2) is 0 Å². The minimum Gasteiger partial charge on any atom is -0.384 e. The van der Waals surface area contributed by atoms with Crippen LogP contribution in [0, 0.1) is 5.41 Å². The lowest BCUT2D eigenvalue weighted by molar-refractivity contribution is -0.152. The van der Waals surface area contributed by atoms with E-state index in [0.717, 1.165) is 30.9 Å². The molecule has 0 aliphatic carbocycles. The number of hydrogen-bond donors (Lipinski definition) is 1. The molecule has 5 nitrogen and oxygen atoms in total. The predicted octanol–water partition coefficient (Wildman–Crippen LogP) is 2.54. The normalized spacial score (nSPS) is 21.1. The van der Waals surface area contributed by atoms with Gasteiger partial charge >= 0.3 is 0 Å². The van der Waals surface area contributed by atoms with Gasteiger partial charge < -0.3 is 14.8 Å². The van der Waals surface area contributed by atoms with Gasteiger partial charge in [-0.3, -0.25) is 4.79 Å². The van der Waals surface area contributed by atoms with Crippen molar-refractivity contribution in [3.05, 3.63) is 47.5 Å². The average molecular weight is 324 g/mol. The average Bonchev–Trinajstić information content (AvgIpc) is 3.14. The van der Waals surface area contributed by atoms with Crippen LogP contribution in [0.25, 0.3) is 0 Å². The molecule has 2 aliphatic rings. The Morgan fingerprint density at radius 1 is 1.42 bits per heavy atom. The molecule has 1 fully saturated rings. The SMILES string of the molecule is Cn1ccnc1C1N(C(=O)Cc2ccc3c(c2)NCC3)CC1(C)C. The summed E-state index contributed by atoms with van der Waals surface area (Å²) in [6.07, 6.45) is 5.27. The maximum absolute atomic E-state index is 12.9. The van der Waals surface area contributed by atoms with Crippen molar-refractivity contribution in [3.8, 4) is 0 Å². The molecule has 1 unspecified atom stereocenters. The van der Waals surface area contributed by atoms with Crippen LogP contribution in [-0.4, -0.2) is 33.4 Å². The van der Waals surface area contributed by atoms with E-state index in [1.54, 1.807) is 6.20 Å². The van der Waals surface area contributed by atoms with Crippen LogP contribution in [0.15, 0.2) is 30.6 Å². The number of fused-ring (bicyclic) bond motifs is 1. The summed E-state index contributed by atoms with van der Waals surface area (Å²) >= 11 is 0. The second-order valence-electron chi connectivity index (χ2n) is 7.65. The van der Waals surface area contributed by atoms with Gasteiger partial charge in [-0.1, -0.05) is 26.0 Å². The van der Waals surface area contributed by atoms with Crippen molar-refractivity contribution in [3.63, 3.8) is 0 Å². The Hall–Kier alpha value is -2.30. The lowest BCUT2D eigenvalue weighted by Crippen LogP contribution is -2.58. The molecule has 1 aromatic carbocycles. The van der Waals surface area contributed by atoms with Crippen molar-refractivity contribution in [2.75, 3.05) is 18.4 Å². The lowest BCUT2D eigenvalue weighted by Gasteiger charge is -2.53. The fourth-order valence-corrected chi connectivity index (χ4v) is 4.01. The number of hydrogen-bond acceptors (Lipinski definition) is 3. The molecule has 24 heavy (non-hydrogen) atoms. The lowest BCUT2D eigenvalue weighted by atomic mass is 9.74. The number of imidazole rings is 1. The second kappa shape index (κ2) is 5.36. The van der Waals surface area contributed by atoms with Crippen molar-refractivity contribution in [1.82, 2.24) is 14.5 Å². The quantitative estimate of drug-likeness (QED) is 0.944. The Labute approximate surface area is 142 Å². The van der Waals surface area contributed by atoms with Crippen molar-refractivity contribution < 1.29 is 4.79 Å². The fraction of sp³-hybridized carbons (Fsp3) is 0.474. The third kappa shape index (κ3) is 2.39. The van der Waals surface area contributed by atoms with Crippen LogP contribution in [0.5, 0.6) is 0 Å². The van der Waals surface area contributed by atoms with Crippen molar-refractivity contribution in [2.45, 2.75) is 32.7 Å². The monoisotopic (exact) mass is 324 g/mol. The topological polar surface area (TPSA) is 50.2 Å². The zero-order valence-electron chi connectivity index (χ0n) is 14.5. The molecule has 4 rings (SSSR count). The summed E-state index contributed by atoms with van der Waals surface area (Å²) in [6, 6.07) is 6.41. The number of rotatable bonds is 3. The minimum atomic E-state index is 0.0533. The number of carbonyl (C=O) groups excluding carboxylic acids is 1. The van der Waals surface area contributed by atoms with E-state index >= 15 is 0 Å². The molecule has 2 aliphatic heterocycles. The van der Waals surface area contributed by atoms with Crippen LogP contribution < -0.4 is 5.32 Å². The molecular formula is C19H24N4O. The number of likely N-dealkylation sites (tertiary alicyclic amines) is 1. The molecule has 0 spiro atoms. The molecule has 1 saturated heterocycles. The van der Waals surface area contributed by atoms with E-state index in [4.69, 9.17) is 0 Å². The van der Waals surface area contributed by atoms with Gasteiger partial charge in [-0.25, -0.2) is 4.98 Å². The van der Waals surface area contributed by atoms with E-state index in [2.05, 4.69) is 42.3 Å². The molecular weight excluding hydrogens is 300 g/mol. The molecule has 126 valence electrons. The molecule has 1 amide bonds. The van der Waals surface area contributed by atoms with Gasteiger partial charge in [0.2, 0.25) is 5.91 Å². The molecule has 0 radical (unpaired) electrons. The molecule has 3 heterocycles. The van der Waals surface area contributed by atoms with Gasteiger partial charge in [-0.15, -0.1) is 0 Å². The number of carbonyl (C=O) groups is 1. The summed E-state index contributed by atoms with van der Waals surface area (Å²) in [5.41, 5.74) is 3.68. The fourth-order valence-electron chi connectivity index (χ4n) is 4.01. The number of amides is 1. The molecule has 5 heteroatoms. The molecule has 1 aromatic heterocycles. The van der Waals surface area contributed by atoms with Crippen molar-refractivity contribution in [1.29, 1.82) is 0 Å². The number of nitrogens with zero attached hydrogens (tertiary/aromatic N) is 3. The van der Waals surface area contributed by atoms with E-state index in [9.17, 15) is 4.79 Å². The highest BCUT2D eigenvalue weighted by Crippen LogP contribution is 2.47. The Balaban J connectivity index is 1.53. The van der Waals surface area contributed by atoms with E-state index in [1.165, 1.54) is 11.3 Å². The van der Waals surface area contributed by atoms with Gasteiger partial charge in [0.1, 0.15) is 5.82 Å². The van der Waals surface area contributed by atoms with Crippen LogP contribution in [0.4, 0.5) is 5.69 Å². The van der Waals surface area contributed by atoms with Gasteiger partial charge in [0.05, 0.1) is 12.5 Å². The predicted molar refractivity (Wildman–Crippen MR) is 93.8 cm³/mol. The number of nitrogens with one attached hydrogen (secondary N) is 1. The number of benzene rings is 1. The van der Waals surface area contributed by atoms with Gasteiger partial charge in [0.25, 0.3) is 0 Å². The maximum atomic E-state index is 12.9. The Morgan fingerprint density at radius 2 is 2.25 bits per heavy atom. The largest absolute Gasteiger partial charge is 0.384 e. The Bertz CT molecular complexity index is 792. The Kier molecular flexibility index (Phi) is 3.41. The molecule has 2 aromatic rings. The van der Waals surface area contributed by atoms with E-state index < -0.39 is 0 Å². The van der Waals surface area contributed by atoms with Crippen LogP contribution in [0.1, 0.15) is 36.8 Å². The van der Waals surface area contributed by atoms with Crippen molar-refractivity contribution in [2.24, 2.45) is 12.5 Å².